The van der Waals surface area contributed by atoms with E-state index in [-0.39, 0.29) is 0 Å². The van der Waals surface area contributed by atoms with Crippen LogP contribution in [0.15, 0.2) is 24.3 Å². The van der Waals surface area contributed by atoms with Crippen molar-refractivity contribution in [3.8, 4) is 0 Å². The minimum atomic E-state index is -0.431. The van der Waals surface area contributed by atoms with Crippen LogP contribution >= 0.6 is 0 Å². The molecule has 1 saturated carbocycles. The molecule has 0 aliphatic heterocycles. The zero-order valence-corrected chi connectivity index (χ0v) is 19.5. The summed E-state index contributed by atoms with van der Waals surface area (Å²) in [5.41, 5.74) is 0.615. The van der Waals surface area contributed by atoms with Crippen LogP contribution in [-0.2, 0) is 9.47 Å². The summed E-state index contributed by atoms with van der Waals surface area (Å²) in [6, 6.07) is 6.82. The van der Waals surface area contributed by atoms with Crippen molar-refractivity contribution >= 4 is 11.9 Å². The van der Waals surface area contributed by atoms with Gasteiger partial charge in [0.2, 0.25) is 0 Å². The van der Waals surface area contributed by atoms with Crippen molar-refractivity contribution < 1.29 is 19.1 Å². The van der Waals surface area contributed by atoms with E-state index in [2.05, 4.69) is 6.92 Å². The number of carbonyl (C=O) groups excluding carboxylic acids is 2. The molecule has 0 atom stereocenters. The van der Waals surface area contributed by atoms with Gasteiger partial charge >= 0.3 is 11.9 Å². The van der Waals surface area contributed by atoms with E-state index in [1.165, 1.54) is 77.0 Å². The maximum Gasteiger partial charge on any atom is 0.339 e. The first-order valence-corrected chi connectivity index (χ1v) is 12.7. The molecule has 1 aromatic carbocycles. The fourth-order valence-corrected chi connectivity index (χ4v) is 4.37. The van der Waals surface area contributed by atoms with E-state index in [9.17, 15) is 9.59 Å². The molecule has 4 nitrogen and oxygen atoms in total. The number of unbranched alkanes of at least 4 members (excludes halogenated alkanes) is 8. The number of hydrogen-bond donors (Lipinski definition) is 0. The van der Waals surface area contributed by atoms with E-state index < -0.39 is 11.9 Å². The first-order valence-electron chi connectivity index (χ1n) is 12.7. The minimum absolute atomic E-state index is 0.307. The number of esters is 2. The van der Waals surface area contributed by atoms with Crippen LogP contribution in [0.1, 0.15) is 124 Å². The average molecular weight is 431 g/mol. The minimum Gasteiger partial charge on any atom is -0.462 e. The van der Waals surface area contributed by atoms with E-state index >= 15 is 0 Å². The molecule has 0 amide bonds. The molecule has 0 unspecified atom stereocenters. The molecule has 0 radical (unpaired) electrons. The summed E-state index contributed by atoms with van der Waals surface area (Å²) in [5, 5.41) is 0. The van der Waals surface area contributed by atoms with Gasteiger partial charge in [-0.1, -0.05) is 103 Å². The summed E-state index contributed by atoms with van der Waals surface area (Å²) in [7, 11) is 0. The van der Waals surface area contributed by atoms with Gasteiger partial charge in [-0.3, -0.25) is 0 Å². The molecule has 31 heavy (non-hydrogen) atoms. The van der Waals surface area contributed by atoms with Gasteiger partial charge in [0.25, 0.3) is 0 Å². The molecule has 2 rings (SSSR count). The van der Waals surface area contributed by atoms with Gasteiger partial charge in [-0.2, -0.15) is 0 Å². The number of carbonyl (C=O) groups is 2. The van der Waals surface area contributed by atoms with E-state index in [1.54, 1.807) is 24.3 Å². The Morgan fingerprint density at radius 1 is 0.742 bits per heavy atom. The summed E-state index contributed by atoms with van der Waals surface area (Å²) < 4.78 is 10.9. The van der Waals surface area contributed by atoms with Gasteiger partial charge in [0.1, 0.15) is 0 Å². The first-order chi connectivity index (χ1) is 15.2. The Balaban J connectivity index is 1.65. The molecular formula is C27H42O4. The third-order valence-electron chi connectivity index (χ3n) is 6.33. The molecule has 0 aromatic heterocycles. The lowest BCUT2D eigenvalue weighted by Crippen LogP contribution is -2.16. The number of rotatable bonds is 15. The summed E-state index contributed by atoms with van der Waals surface area (Å²) in [4.78, 5) is 25.0. The second-order valence-corrected chi connectivity index (χ2v) is 8.94. The molecule has 4 heteroatoms. The first kappa shape index (κ1) is 25.4. The van der Waals surface area contributed by atoms with E-state index in [4.69, 9.17) is 9.47 Å². The highest BCUT2D eigenvalue weighted by Crippen LogP contribution is 2.26. The number of hydrogen-bond acceptors (Lipinski definition) is 4. The highest BCUT2D eigenvalue weighted by molar-refractivity contribution is 6.03. The molecule has 0 saturated heterocycles. The zero-order chi connectivity index (χ0) is 22.2. The lowest BCUT2D eigenvalue weighted by molar-refractivity contribution is 0.0437. The highest BCUT2D eigenvalue weighted by atomic mass is 16.5. The Morgan fingerprint density at radius 2 is 1.26 bits per heavy atom. The SMILES string of the molecule is CCCCCCCCCCCOC(=O)c1ccccc1C(=O)OCCC1CCCCC1. The van der Waals surface area contributed by atoms with Gasteiger partial charge in [0.05, 0.1) is 24.3 Å². The summed E-state index contributed by atoms with van der Waals surface area (Å²) in [6.45, 7) is 3.06. The van der Waals surface area contributed by atoms with Crippen LogP contribution in [0, 0.1) is 5.92 Å². The molecule has 0 spiro atoms. The standard InChI is InChI=1S/C27H42O4/c1-2-3-4-5-6-7-8-9-15-21-30-26(28)24-18-13-14-19-25(24)27(29)31-22-20-23-16-11-10-12-17-23/h13-14,18-19,23H,2-12,15-17,20-22H2,1H3. The predicted octanol–water partition coefficient (Wildman–Crippen LogP) is 7.50. The van der Waals surface area contributed by atoms with Gasteiger partial charge in [0.15, 0.2) is 0 Å². The van der Waals surface area contributed by atoms with Crippen LogP contribution < -0.4 is 0 Å². The zero-order valence-electron chi connectivity index (χ0n) is 19.5. The Morgan fingerprint density at radius 3 is 1.84 bits per heavy atom. The molecule has 1 aliphatic rings. The van der Waals surface area contributed by atoms with Crippen LogP contribution in [-0.4, -0.2) is 25.2 Å². The van der Waals surface area contributed by atoms with Gasteiger partial charge in [-0.25, -0.2) is 9.59 Å². The molecule has 0 heterocycles. The Labute approximate surface area is 189 Å². The monoisotopic (exact) mass is 430 g/mol. The second kappa shape index (κ2) is 15.9. The Hall–Kier alpha value is -1.84. The molecule has 174 valence electrons. The van der Waals surface area contributed by atoms with Crippen molar-refractivity contribution in [2.75, 3.05) is 13.2 Å². The van der Waals surface area contributed by atoms with Crippen molar-refractivity contribution in [1.29, 1.82) is 0 Å². The molecular weight excluding hydrogens is 388 g/mol. The lowest BCUT2D eigenvalue weighted by Gasteiger charge is -2.21. The number of ether oxygens (including phenoxy) is 2. The molecule has 1 aromatic rings. The van der Waals surface area contributed by atoms with Crippen LogP contribution in [0.4, 0.5) is 0 Å². The van der Waals surface area contributed by atoms with E-state index in [0.717, 1.165) is 19.3 Å². The third kappa shape index (κ3) is 10.3. The smallest absolute Gasteiger partial charge is 0.339 e. The molecule has 0 N–H and O–H groups in total. The largest absolute Gasteiger partial charge is 0.462 e. The number of benzene rings is 1. The summed E-state index contributed by atoms with van der Waals surface area (Å²) >= 11 is 0. The van der Waals surface area contributed by atoms with Crippen molar-refractivity contribution in [2.24, 2.45) is 5.92 Å². The quantitative estimate of drug-likeness (QED) is 0.213. The maximum absolute atomic E-state index is 12.5. The van der Waals surface area contributed by atoms with Crippen LogP contribution in [0.25, 0.3) is 0 Å². The van der Waals surface area contributed by atoms with E-state index in [0.29, 0.717) is 30.3 Å². The van der Waals surface area contributed by atoms with Crippen LogP contribution in [0.5, 0.6) is 0 Å². The van der Waals surface area contributed by atoms with E-state index in [1.807, 2.05) is 0 Å². The van der Waals surface area contributed by atoms with Crippen LogP contribution in [0.2, 0.25) is 0 Å². The summed E-state index contributed by atoms with van der Waals surface area (Å²) in [5.74, 6) is -0.191. The van der Waals surface area contributed by atoms with Crippen molar-refractivity contribution in [3.05, 3.63) is 35.4 Å². The highest BCUT2D eigenvalue weighted by Gasteiger charge is 2.20. The van der Waals surface area contributed by atoms with Crippen molar-refractivity contribution in [2.45, 2.75) is 103 Å². The Bertz CT molecular complexity index is 634. The van der Waals surface area contributed by atoms with Crippen molar-refractivity contribution in [1.82, 2.24) is 0 Å². The predicted molar refractivity (Wildman–Crippen MR) is 125 cm³/mol. The van der Waals surface area contributed by atoms with Gasteiger partial charge in [0, 0.05) is 0 Å². The molecule has 0 bridgehead atoms. The maximum atomic E-state index is 12.5. The third-order valence-corrected chi connectivity index (χ3v) is 6.33. The topological polar surface area (TPSA) is 52.6 Å². The fourth-order valence-electron chi connectivity index (χ4n) is 4.37. The van der Waals surface area contributed by atoms with Crippen molar-refractivity contribution in [3.63, 3.8) is 0 Å². The van der Waals surface area contributed by atoms with Gasteiger partial charge in [-0.15, -0.1) is 0 Å². The fraction of sp³-hybridized carbons (Fsp3) is 0.704. The van der Waals surface area contributed by atoms with Crippen LogP contribution in [0.3, 0.4) is 0 Å². The lowest BCUT2D eigenvalue weighted by atomic mass is 9.87. The molecule has 1 fully saturated rings. The average Bonchev–Trinajstić information content (AvgIpc) is 2.80. The second-order valence-electron chi connectivity index (χ2n) is 8.94. The molecule has 1 aliphatic carbocycles. The normalized spacial score (nSPS) is 14.4. The Kier molecular flexibility index (Phi) is 13.0. The van der Waals surface area contributed by atoms with Gasteiger partial charge in [-0.05, 0) is 30.9 Å². The van der Waals surface area contributed by atoms with Gasteiger partial charge < -0.3 is 9.47 Å². The summed E-state index contributed by atoms with van der Waals surface area (Å²) in [6.07, 6.45) is 18.3.